The number of nitrogens with one attached hydrogen (secondary N) is 1. The van der Waals surface area contributed by atoms with E-state index >= 15 is 0 Å². The van der Waals surface area contributed by atoms with Gasteiger partial charge in [-0.1, -0.05) is 46.5 Å². The smallest absolute Gasteiger partial charge is 0.230 e. The molecule has 1 saturated carbocycles. The first-order valence-corrected chi connectivity index (χ1v) is 8.32. The molecule has 1 aliphatic carbocycles. The van der Waals surface area contributed by atoms with Gasteiger partial charge in [0, 0.05) is 12.3 Å². The predicted octanol–water partition coefficient (Wildman–Crippen LogP) is 3.67. The molecular weight excluding hydrogens is 250 g/mol. The molecule has 3 heteroatoms. The molecule has 1 heterocycles. The first kappa shape index (κ1) is 15.5. The van der Waals surface area contributed by atoms with Crippen LogP contribution in [-0.4, -0.2) is 11.8 Å². The lowest BCUT2D eigenvalue weighted by Crippen LogP contribution is -2.53. The Morgan fingerprint density at radius 1 is 1.25 bits per heavy atom. The molecule has 1 spiro atoms. The van der Waals surface area contributed by atoms with Crippen molar-refractivity contribution in [2.45, 2.75) is 72.1 Å². The van der Waals surface area contributed by atoms with E-state index in [1.807, 2.05) is 0 Å². The second-order valence-corrected chi connectivity index (χ2v) is 7.26. The van der Waals surface area contributed by atoms with Crippen molar-refractivity contribution in [2.75, 3.05) is 0 Å². The van der Waals surface area contributed by atoms with Crippen LogP contribution in [0.3, 0.4) is 0 Å². The molecule has 2 aliphatic rings. The van der Waals surface area contributed by atoms with Crippen LogP contribution in [0.4, 0.5) is 0 Å². The van der Waals surface area contributed by atoms with Gasteiger partial charge in [-0.15, -0.1) is 0 Å². The predicted molar refractivity (Wildman–Crippen MR) is 80.0 cm³/mol. The number of carbonyl (C=O) groups excluding carboxylic acids is 2. The topological polar surface area (TPSA) is 46.2 Å². The standard InChI is InChI=1S/C17H29NO2/c1-4-6-13-7-5-9-17(10-8-13)11-14(19)18-16(20)15(17)12(2)3/h12-13,15H,4-11H2,1-3H3,(H,18,19,20). The zero-order valence-corrected chi connectivity index (χ0v) is 13.2. The first-order valence-electron chi connectivity index (χ1n) is 8.32. The summed E-state index contributed by atoms with van der Waals surface area (Å²) in [4.78, 5) is 24.2. The number of hydrogen-bond acceptors (Lipinski definition) is 2. The lowest BCUT2D eigenvalue weighted by molar-refractivity contribution is -0.146. The molecule has 20 heavy (non-hydrogen) atoms. The van der Waals surface area contributed by atoms with Gasteiger partial charge in [0.05, 0.1) is 0 Å². The Kier molecular flexibility index (Phi) is 4.87. The average molecular weight is 279 g/mol. The monoisotopic (exact) mass is 279 g/mol. The van der Waals surface area contributed by atoms with E-state index < -0.39 is 0 Å². The molecule has 3 atom stereocenters. The van der Waals surface area contributed by atoms with Crippen LogP contribution in [0.2, 0.25) is 0 Å². The van der Waals surface area contributed by atoms with Gasteiger partial charge in [0.1, 0.15) is 0 Å². The molecule has 2 fully saturated rings. The van der Waals surface area contributed by atoms with Gasteiger partial charge < -0.3 is 0 Å². The van der Waals surface area contributed by atoms with E-state index in [4.69, 9.17) is 0 Å². The maximum Gasteiger partial charge on any atom is 0.230 e. The molecule has 114 valence electrons. The van der Waals surface area contributed by atoms with Gasteiger partial charge in [-0.05, 0) is 36.5 Å². The summed E-state index contributed by atoms with van der Waals surface area (Å²) >= 11 is 0. The molecule has 0 bridgehead atoms. The fourth-order valence-corrected chi connectivity index (χ4v) is 4.67. The van der Waals surface area contributed by atoms with Crippen LogP contribution >= 0.6 is 0 Å². The summed E-state index contributed by atoms with van der Waals surface area (Å²) in [5, 5.41) is 2.56. The zero-order valence-electron chi connectivity index (χ0n) is 13.2. The summed E-state index contributed by atoms with van der Waals surface area (Å²) in [6, 6.07) is 0. The van der Waals surface area contributed by atoms with Crippen molar-refractivity contribution in [1.29, 1.82) is 0 Å². The van der Waals surface area contributed by atoms with Crippen LogP contribution in [0.15, 0.2) is 0 Å². The highest BCUT2D eigenvalue weighted by Crippen LogP contribution is 2.50. The summed E-state index contributed by atoms with van der Waals surface area (Å²) in [6.07, 6.45) is 8.84. The maximum atomic E-state index is 12.3. The van der Waals surface area contributed by atoms with Crippen LogP contribution in [0.25, 0.3) is 0 Å². The number of carbonyl (C=O) groups is 2. The minimum atomic E-state index is -0.0594. The lowest BCUT2D eigenvalue weighted by Gasteiger charge is -2.44. The van der Waals surface area contributed by atoms with Crippen molar-refractivity contribution in [3.8, 4) is 0 Å². The number of piperidine rings is 1. The second-order valence-electron chi connectivity index (χ2n) is 7.26. The maximum absolute atomic E-state index is 12.3. The molecule has 0 radical (unpaired) electrons. The summed E-state index contributed by atoms with van der Waals surface area (Å²) in [5.74, 6) is 1.05. The Balaban J connectivity index is 2.20. The van der Waals surface area contributed by atoms with Gasteiger partial charge in [-0.3, -0.25) is 14.9 Å². The third kappa shape index (κ3) is 3.07. The van der Waals surface area contributed by atoms with Crippen LogP contribution in [0.1, 0.15) is 72.1 Å². The van der Waals surface area contributed by atoms with E-state index in [0.717, 1.165) is 18.8 Å². The van der Waals surface area contributed by atoms with Crippen molar-refractivity contribution >= 4 is 11.8 Å². The Labute approximate surface area is 122 Å². The highest BCUT2D eigenvalue weighted by molar-refractivity contribution is 5.99. The quantitative estimate of drug-likeness (QED) is 0.801. The summed E-state index contributed by atoms with van der Waals surface area (Å²) < 4.78 is 0. The number of imide groups is 1. The van der Waals surface area contributed by atoms with Gasteiger partial charge in [-0.25, -0.2) is 0 Å². The molecule has 3 unspecified atom stereocenters. The van der Waals surface area contributed by atoms with Gasteiger partial charge >= 0.3 is 0 Å². The van der Waals surface area contributed by atoms with E-state index in [1.54, 1.807) is 0 Å². The Morgan fingerprint density at radius 2 is 2.00 bits per heavy atom. The average Bonchev–Trinajstić information content (AvgIpc) is 2.52. The molecule has 0 aromatic carbocycles. The van der Waals surface area contributed by atoms with E-state index in [9.17, 15) is 9.59 Å². The molecule has 1 saturated heterocycles. The highest BCUT2D eigenvalue weighted by atomic mass is 16.2. The molecule has 2 rings (SSSR count). The van der Waals surface area contributed by atoms with Crippen LogP contribution in [-0.2, 0) is 9.59 Å². The van der Waals surface area contributed by atoms with Crippen LogP contribution in [0.5, 0.6) is 0 Å². The minimum absolute atomic E-state index is 0.0144. The first-order chi connectivity index (χ1) is 9.48. The number of rotatable bonds is 3. The van der Waals surface area contributed by atoms with Crippen molar-refractivity contribution < 1.29 is 9.59 Å². The molecule has 2 amide bonds. The van der Waals surface area contributed by atoms with E-state index in [2.05, 4.69) is 26.1 Å². The molecule has 1 N–H and O–H groups in total. The molecule has 3 nitrogen and oxygen atoms in total. The summed E-state index contributed by atoms with van der Waals surface area (Å²) in [7, 11) is 0. The Morgan fingerprint density at radius 3 is 2.65 bits per heavy atom. The summed E-state index contributed by atoms with van der Waals surface area (Å²) in [6.45, 7) is 6.49. The van der Waals surface area contributed by atoms with Crippen LogP contribution in [0, 0.1) is 23.2 Å². The number of hydrogen-bond donors (Lipinski definition) is 1. The van der Waals surface area contributed by atoms with Gasteiger partial charge in [0.25, 0.3) is 0 Å². The third-order valence-electron chi connectivity index (χ3n) is 5.42. The zero-order chi connectivity index (χ0) is 14.8. The Hall–Kier alpha value is -0.860. The van der Waals surface area contributed by atoms with E-state index in [0.29, 0.717) is 12.3 Å². The van der Waals surface area contributed by atoms with Gasteiger partial charge in [0.15, 0.2) is 0 Å². The van der Waals surface area contributed by atoms with Crippen LogP contribution < -0.4 is 5.32 Å². The lowest BCUT2D eigenvalue weighted by atomic mass is 9.62. The van der Waals surface area contributed by atoms with E-state index in [-0.39, 0.29) is 23.1 Å². The highest BCUT2D eigenvalue weighted by Gasteiger charge is 2.49. The van der Waals surface area contributed by atoms with Crippen molar-refractivity contribution in [2.24, 2.45) is 23.2 Å². The number of amides is 2. The molecular formula is C17H29NO2. The normalized spacial score (nSPS) is 35.2. The Bertz CT molecular complexity index is 377. The SMILES string of the molecule is CCCC1CCCC2(CC1)CC(=O)NC(=O)C2C(C)C. The summed E-state index contributed by atoms with van der Waals surface area (Å²) in [5.41, 5.74) is -0.0594. The van der Waals surface area contributed by atoms with Crippen molar-refractivity contribution in [3.63, 3.8) is 0 Å². The fraction of sp³-hybridized carbons (Fsp3) is 0.882. The third-order valence-corrected chi connectivity index (χ3v) is 5.42. The molecule has 0 aromatic heterocycles. The van der Waals surface area contributed by atoms with Gasteiger partial charge in [-0.2, -0.15) is 0 Å². The van der Waals surface area contributed by atoms with Gasteiger partial charge in [0.2, 0.25) is 11.8 Å². The minimum Gasteiger partial charge on any atom is -0.296 e. The molecule has 1 aliphatic heterocycles. The second kappa shape index (κ2) is 6.28. The largest absolute Gasteiger partial charge is 0.296 e. The van der Waals surface area contributed by atoms with E-state index in [1.165, 1.54) is 32.1 Å². The van der Waals surface area contributed by atoms with Crippen molar-refractivity contribution in [3.05, 3.63) is 0 Å². The molecule has 0 aromatic rings. The fourth-order valence-electron chi connectivity index (χ4n) is 4.67. The van der Waals surface area contributed by atoms with Crippen molar-refractivity contribution in [1.82, 2.24) is 5.32 Å².